The molecular formula is C38H66FNO8. The van der Waals surface area contributed by atoms with Gasteiger partial charge in [-0.1, -0.05) is 115 Å². The Bertz CT molecular complexity index is 951. The van der Waals surface area contributed by atoms with Crippen molar-refractivity contribution < 1.29 is 44.6 Å². The van der Waals surface area contributed by atoms with E-state index in [0.29, 0.717) is 12.8 Å². The molecular weight excluding hydrogens is 617 g/mol. The topological polar surface area (TPSA) is 160 Å². The summed E-state index contributed by atoms with van der Waals surface area (Å²) < 4.78 is 18.7. The van der Waals surface area contributed by atoms with Crippen LogP contribution in [0.3, 0.4) is 0 Å². The lowest BCUT2D eigenvalue weighted by Gasteiger charge is -2.42. The summed E-state index contributed by atoms with van der Waals surface area (Å²) >= 11 is 0. The number of carbonyl (C=O) groups is 1. The molecule has 1 aromatic carbocycles. The van der Waals surface area contributed by atoms with Crippen molar-refractivity contribution in [3.8, 4) is 0 Å². The smallest absolute Gasteiger partial charge is 0.220 e. The minimum Gasteiger partial charge on any atom is -0.394 e. The van der Waals surface area contributed by atoms with Crippen molar-refractivity contribution in [1.82, 2.24) is 5.32 Å². The Morgan fingerprint density at radius 3 is 1.85 bits per heavy atom. The second-order valence-corrected chi connectivity index (χ2v) is 13.9. The largest absolute Gasteiger partial charge is 0.394 e. The SMILES string of the molecule is CCCCCCCCCCCCCC[C@@H](O)[C@@H](O)[C@@H](C[C@H]1O[C@H](CO)[C@H](O)[C@H](O)[C@H]1O)NC(=O)CCCCCCCc1ccc(F)cc1. The molecule has 1 fully saturated rings. The maximum atomic E-state index is 13.1. The predicted octanol–water partition coefficient (Wildman–Crippen LogP) is 5.24. The maximum absolute atomic E-state index is 13.1. The highest BCUT2D eigenvalue weighted by molar-refractivity contribution is 5.76. The molecule has 9 nitrogen and oxygen atoms in total. The summed E-state index contributed by atoms with van der Waals surface area (Å²) in [5, 5.41) is 65.5. The molecule has 1 heterocycles. The van der Waals surface area contributed by atoms with Crippen molar-refractivity contribution in [3.05, 3.63) is 35.6 Å². The van der Waals surface area contributed by atoms with E-state index in [2.05, 4.69) is 12.2 Å². The van der Waals surface area contributed by atoms with Gasteiger partial charge in [0, 0.05) is 6.42 Å². The summed E-state index contributed by atoms with van der Waals surface area (Å²) in [5.41, 5.74) is 1.10. The number of amides is 1. The van der Waals surface area contributed by atoms with E-state index in [-0.39, 0.29) is 24.6 Å². The average molecular weight is 684 g/mol. The molecule has 1 aliphatic heterocycles. The van der Waals surface area contributed by atoms with Crippen LogP contribution in [0.15, 0.2) is 24.3 Å². The number of halogens is 1. The number of benzene rings is 1. The van der Waals surface area contributed by atoms with E-state index in [1.54, 1.807) is 12.1 Å². The zero-order valence-corrected chi connectivity index (χ0v) is 29.4. The summed E-state index contributed by atoms with van der Waals surface area (Å²) in [6, 6.07) is 5.55. The summed E-state index contributed by atoms with van der Waals surface area (Å²) in [6.45, 7) is 1.65. The fourth-order valence-corrected chi connectivity index (χ4v) is 6.62. The van der Waals surface area contributed by atoms with Crippen molar-refractivity contribution in [1.29, 1.82) is 0 Å². The van der Waals surface area contributed by atoms with Crippen LogP contribution < -0.4 is 5.32 Å². The number of carbonyl (C=O) groups excluding carboxylic acids is 1. The molecule has 1 aliphatic rings. The molecule has 0 spiro atoms. The number of hydrogen-bond donors (Lipinski definition) is 7. The van der Waals surface area contributed by atoms with Gasteiger partial charge in [-0.2, -0.15) is 0 Å². The first-order valence-corrected chi connectivity index (χ1v) is 18.9. The fourth-order valence-electron chi connectivity index (χ4n) is 6.62. The van der Waals surface area contributed by atoms with Gasteiger partial charge in [-0.05, 0) is 49.8 Å². The Morgan fingerprint density at radius 1 is 0.750 bits per heavy atom. The number of aliphatic hydroxyl groups excluding tert-OH is 6. The van der Waals surface area contributed by atoms with Crippen LogP contribution >= 0.6 is 0 Å². The second kappa shape index (κ2) is 25.3. The highest BCUT2D eigenvalue weighted by Crippen LogP contribution is 2.26. The van der Waals surface area contributed by atoms with Crippen LogP contribution in [0, 0.1) is 5.82 Å². The number of aryl methyl sites for hydroxylation is 1. The van der Waals surface area contributed by atoms with E-state index in [1.807, 2.05) is 0 Å². The predicted molar refractivity (Wildman–Crippen MR) is 186 cm³/mol. The molecule has 0 unspecified atom stereocenters. The Kier molecular flexibility index (Phi) is 22.4. The van der Waals surface area contributed by atoms with Gasteiger partial charge in [0.05, 0.1) is 24.9 Å². The highest BCUT2D eigenvalue weighted by Gasteiger charge is 2.45. The van der Waals surface area contributed by atoms with E-state index >= 15 is 0 Å². The number of nitrogens with one attached hydrogen (secondary N) is 1. The Labute approximate surface area is 288 Å². The van der Waals surface area contributed by atoms with E-state index in [1.165, 1.54) is 63.5 Å². The lowest BCUT2D eigenvalue weighted by atomic mass is 9.88. The summed E-state index contributed by atoms with van der Waals surface area (Å²) in [4.78, 5) is 12.9. The van der Waals surface area contributed by atoms with Crippen LogP contribution in [-0.4, -0.2) is 91.9 Å². The quantitative estimate of drug-likeness (QED) is 0.0621. The molecule has 0 aromatic heterocycles. The maximum Gasteiger partial charge on any atom is 0.220 e. The van der Waals surface area contributed by atoms with E-state index in [9.17, 15) is 39.8 Å². The normalized spacial score (nSPS) is 23.1. The van der Waals surface area contributed by atoms with Gasteiger partial charge in [-0.15, -0.1) is 0 Å². The molecule has 48 heavy (non-hydrogen) atoms. The molecule has 7 N–H and O–H groups in total. The third kappa shape index (κ3) is 16.8. The lowest BCUT2D eigenvalue weighted by Crippen LogP contribution is -2.61. The Hall–Kier alpha value is -1.66. The third-order valence-electron chi connectivity index (χ3n) is 9.77. The van der Waals surface area contributed by atoms with Crippen molar-refractivity contribution >= 4 is 5.91 Å². The van der Waals surface area contributed by atoms with Gasteiger partial charge in [0.25, 0.3) is 0 Å². The summed E-state index contributed by atoms with van der Waals surface area (Å²) in [7, 11) is 0. The molecule has 0 aliphatic carbocycles. The number of aliphatic hydroxyl groups is 6. The lowest BCUT2D eigenvalue weighted by molar-refractivity contribution is -0.233. The standard InChI is InChI=1S/C38H66FNO8/c1-2-3-4-5-6-7-8-9-10-11-14-17-20-31(42)35(44)30(26-32-36(45)38(47)37(46)33(27-41)48-32)40-34(43)21-18-15-12-13-16-19-28-22-24-29(39)25-23-28/h22-25,30-33,35-38,41-42,44-47H,2-21,26-27H2,1H3,(H,40,43)/t30-,31-,32-,33-,35+,36+,37+,38-/m1/s1. The molecule has 0 bridgehead atoms. The Balaban J connectivity index is 1.78. The van der Waals surface area contributed by atoms with Crippen LogP contribution in [0.5, 0.6) is 0 Å². The average Bonchev–Trinajstić information content (AvgIpc) is 3.08. The number of hydrogen-bond acceptors (Lipinski definition) is 8. The van der Waals surface area contributed by atoms with Crippen LogP contribution in [0.4, 0.5) is 4.39 Å². The first-order chi connectivity index (χ1) is 23.2. The van der Waals surface area contributed by atoms with Crippen LogP contribution in [-0.2, 0) is 16.0 Å². The summed E-state index contributed by atoms with van der Waals surface area (Å²) in [6.07, 6.45) is 10.7. The van der Waals surface area contributed by atoms with Gasteiger partial charge in [-0.25, -0.2) is 4.39 Å². The van der Waals surface area contributed by atoms with Crippen molar-refractivity contribution in [2.24, 2.45) is 0 Å². The van der Waals surface area contributed by atoms with Gasteiger partial charge >= 0.3 is 0 Å². The van der Waals surface area contributed by atoms with Gasteiger partial charge in [0.2, 0.25) is 5.91 Å². The first-order valence-electron chi connectivity index (χ1n) is 18.9. The molecule has 1 amide bonds. The second-order valence-electron chi connectivity index (χ2n) is 13.9. The van der Waals surface area contributed by atoms with Crippen molar-refractivity contribution in [2.75, 3.05) is 6.61 Å². The molecule has 10 heteroatoms. The zero-order valence-electron chi connectivity index (χ0n) is 29.4. The number of unbranched alkanes of at least 4 members (excludes halogenated alkanes) is 15. The molecule has 2 rings (SSSR count). The minimum atomic E-state index is -1.57. The minimum absolute atomic E-state index is 0.118. The van der Waals surface area contributed by atoms with Crippen LogP contribution in [0.2, 0.25) is 0 Å². The van der Waals surface area contributed by atoms with Gasteiger partial charge < -0.3 is 40.7 Å². The monoisotopic (exact) mass is 683 g/mol. The van der Waals surface area contributed by atoms with E-state index in [0.717, 1.165) is 63.4 Å². The van der Waals surface area contributed by atoms with E-state index < -0.39 is 55.4 Å². The first kappa shape index (κ1) is 42.5. The molecule has 1 aromatic rings. The number of rotatable bonds is 27. The van der Waals surface area contributed by atoms with Crippen LogP contribution in [0.1, 0.15) is 141 Å². The highest BCUT2D eigenvalue weighted by atomic mass is 19.1. The van der Waals surface area contributed by atoms with Crippen molar-refractivity contribution in [3.63, 3.8) is 0 Å². The third-order valence-corrected chi connectivity index (χ3v) is 9.77. The Morgan fingerprint density at radius 2 is 1.27 bits per heavy atom. The number of ether oxygens (including phenoxy) is 1. The van der Waals surface area contributed by atoms with Gasteiger partial charge in [0.1, 0.15) is 36.3 Å². The van der Waals surface area contributed by atoms with E-state index in [4.69, 9.17) is 4.74 Å². The molecule has 0 radical (unpaired) electrons. The molecule has 0 saturated carbocycles. The fraction of sp³-hybridized carbons (Fsp3) is 0.816. The van der Waals surface area contributed by atoms with Crippen LogP contribution in [0.25, 0.3) is 0 Å². The zero-order chi connectivity index (χ0) is 35.1. The molecule has 278 valence electrons. The summed E-state index contributed by atoms with van der Waals surface area (Å²) in [5.74, 6) is -0.540. The molecule has 1 saturated heterocycles. The van der Waals surface area contributed by atoms with Gasteiger partial charge in [-0.3, -0.25) is 4.79 Å². The van der Waals surface area contributed by atoms with Gasteiger partial charge in [0.15, 0.2) is 0 Å². The molecule has 8 atom stereocenters. The van der Waals surface area contributed by atoms with Crippen molar-refractivity contribution in [2.45, 2.75) is 191 Å².